The van der Waals surface area contributed by atoms with Crippen molar-refractivity contribution in [2.45, 2.75) is 26.7 Å². The third kappa shape index (κ3) is 4.21. The number of rotatable bonds is 3. The van der Waals surface area contributed by atoms with Gasteiger partial charge in [0.2, 0.25) is 0 Å². The van der Waals surface area contributed by atoms with Crippen LogP contribution in [0.2, 0.25) is 0 Å². The molecule has 0 aromatic heterocycles. The third-order valence-corrected chi connectivity index (χ3v) is 3.73. The van der Waals surface area contributed by atoms with E-state index in [-0.39, 0.29) is 6.61 Å². The molecule has 5 heteroatoms. The number of carbonyl (C=O) groups is 2. The monoisotopic (exact) mass is 290 g/mol. The fraction of sp³-hybridized carbons (Fsp3) is 0.500. The molecule has 0 radical (unpaired) electrons. The maximum absolute atomic E-state index is 11.5. The first-order valence-corrected chi connectivity index (χ1v) is 7.43. The molecule has 2 rings (SSSR count). The van der Waals surface area contributed by atoms with Crippen molar-refractivity contribution in [1.29, 1.82) is 0 Å². The Morgan fingerprint density at radius 2 is 1.86 bits per heavy atom. The molecule has 0 saturated carbocycles. The summed E-state index contributed by atoms with van der Waals surface area (Å²) < 4.78 is 4.65. The van der Waals surface area contributed by atoms with Gasteiger partial charge < -0.3 is 15.0 Å². The number of amides is 1. The second-order valence-electron chi connectivity index (χ2n) is 5.39. The summed E-state index contributed by atoms with van der Waals surface area (Å²) in [6.45, 7) is 6.27. The first kappa shape index (κ1) is 15.4. The van der Waals surface area contributed by atoms with E-state index in [0.717, 1.165) is 24.7 Å². The number of benzene rings is 1. The maximum Gasteiger partial charge on any atom is 0.397 e. The number of ether oxygens (including phenoxy) is 1. The van der Waals surface area contributed by atoms with Gasteiger partial charge in [0.15, 0.2) is 0 Å². The smallest absolute Gasteiger partial charge is 0.397 e. The van der Waals surface area contributed by atoms with Crippen molar-refractivity contribution in [1.82, 2.24) is 0 Å². The zero-order chi connectivity index (χ0) is 15.2. The minimum absolute atomic E-state index is 0.193. The van der Waals surface area contributed by atoms with Crippen LogP contribution in [0.25, 0.3) is 0 Å². The van der Waals surface area contributed by atoms with E-state index in [1.54, 1.807) is 6.92 Å². The van der Waals surface area contributed by atoms with Crippen molar-refractivity contribution < 1.29 is 14.3 Å². The van der Waals surface area contributed by atoms with Gasteiger partial charge in [-0.15, -0.1) is 0 Å². The lowest BCUT2D eigenvalue weighted by Gasteiger charge is -2.32. The Bertz CT molecular complexity index is 491. The van der Waals surface area contributed by atoms with Crippen LogP contribution in [0.1, 0.15) is 26.7 Å². The molecular weight excluding hydrogens is 268 g/mol. The van der Waals surface area contributed by atoms with Gasteiger partial charge in [0, 0.05) is 24.5 Å². The van der Waals surface area contributed by atoms with Crippen molar-refractivity contribution in [2.75, 3.05) is 29.9 Å². The highest BCUT2D eigenvalue weighted by atomic mass is 16.5. The highest BCUT2D eigenvalue weighted by Gasteiger charge is 2.17. The van der Waals surface area contributed by atoms with Crippen LogP contribution in [0.4, 0.5) is 11.4 Å². The van der Waals surface area contributed by atoms with Crippen LogP contribution in [0.5, 0.6) is 0 Å². The number of carbonyl (C=O) groups excluding carboxylic acids is 2. The van der Waals surface area contributed by atoms with Gasteiger partial charge in [0.25, 0.3) is 0 Å². The molecule has 0 atom stereocenters. The standard InChI is InChI=1S/C16H22N2O3/c1-3-21-16(20)15(19)17-13-4-6-14(7-5-13)18-10-8-12(2)9-11-18/h4-7,12H,3,8-11H2,1-2H3,(H,17,19). The Kier molecular flexibility index (Phi) is 5.20. The van der Waals surface area contributed by atoms with Gasteiger partial charge in [-0.2, -0.15) is 0 Å². The molecule has 1 fully saturated rings. The van der Waals surface area contributed by atoms with Crippen molar-refractivity contribution in [2.24, 2.45) is 5.92 Å². The predicted octanol–water partition coefficient (Wildman–Crippen LogP) is 2.42. The molecule has 1 aromatic carbocycles. The third-order valence-electron chi connectivity index (χ3n) is 3.73. The number of nitrogens with one attached hydrogen (secondary N) is 1. The molecule has 1 N–H and O–H groups in total. The molecule has 1 aliphatic rings. The van der Waals surface area contributed by atoms with Crippen LogP contribution >= 0.6 is 0 Å². The van der Waals surface area contributed by atoms with Gasteiger partial charge in [0.1, 0.15) is 0 Å². The average molecular weight is 290 g/mol. The number of hydrogen-bond acceptors (Lipinski definition) is 4. The van der Waals surface area contributed by atoms with Gasteiger partial charge in [-0.05, 0) is 49.9 Å². The Morgan fingerprint density at radius 1 is 1.24 bits per heavy atom. The van der Waals surface area contributed by atoms with Crippen LogP contribution in [-0.2, 0) is 14.3 Å². The Labute approximate surface area is 125 Å². The molecule has 1 aliphatic heterocycles. The second kappa shape index (κ2) is 7.11. The van der Waals surface area contributed by atoms with Crippen LogP contribution in [0.3, 0.4) is 0 Å². The van der Waals surface area contributed by atoms with E-state index in [4.69, 9.17) is 0 Å². The number of piperidine rings is 1. The molecule has 0 spiro atoms. The molecular formula is C16H22N2O3. The van der Waals surface area contributed by atoms with Crippen molar-refractivity contribution in [3.8, 4) is 0 Å². The number of nitrogens with zero attached hydrogens (tertiary/aromatic N) is 1. The lowest BCUT2D eigenvalue weighted by molar-refractivity contribution is -0.152. The van der Waals surface area contributed by atoms with E-state index in [1.807, 2.05) is 24.3 Å². The zero-order valence-corrected chi connectivity index (χ0v) is 12.6. The van der Waals surface area contributed by atoms with Gasteiger partial charge in [-0.25, -0.2) is 4.79 Å². The van der Waals surface area contributed by atoms with Crippen LogP contribution in [-0.4, -0.2) is 31.6 Å². The highest BCUT2D eigenvalue weighted by Crippen LogP contribution is 2.24. The lowest BCUT2D eigenvalue weighted by atomic mass is 9.99. The molecule has 5 nitrogen and oxygen atoms in total. The SMILES string of the molecule is CCOC(=O)C(=O)Nc1ccc(N2CCC(C)CC2)cc1. The van der Waals surface area contributed by atoms with E-state index in [2.05, 4.69) is 21.9 Å². The van der Waals surface area contributed by atoms with Gasteiger partial charge in [-0.1, -0.05) is 6.92 Å². The van der Waals surface area contributed by atoms with Crippen molar-refractivity contribution in [3.05, 3.63) is 24.3 Å². The molecule has 1 heterocycles. The topological polar surface area (TPSA) is 58.6 Å². The Balaban J connectivity index is 1.93. The van der Waals surface area contributed by atoms with Gasteiger partial charge >= 0.3 is 11.9 Å². The maximum atomic E-state index is 11.5. The normalized spacial score (nSPS) is 15.6. The fourth-order valence-corrected chi connectivity index (χ4v) is 2.40. The van der Waals surface area contributed by atoms with Crippen molar-refractivity contribution in [3.63, 3.8) is 0 Å². The number of hydrogen-bond donors (Lipinski definition) is 1. The fourth-order valence-electron chi connectivity index (χ4n) is 2.40. The Hall–Kier alpha value is -2.04. The molecule has 114 valence electrons. The van der Waals surface area contributed by atoms with E-state index in [0.29, 0.717) is 5.69 Å². The van der Waals surface area contributed by atoms with Crippen LogP contribution in [0.15, 0.2) is 24.3 Å². The molecule has 1 amide bonds. The van der Waals surface area contributed by atoms with Gasteiger partial charge in [0.05, 0.1) is 6.61 Å². The van der Waals surface area contributed by atoms with E-state index < -0.39 is 11.9 Å². The molecule has 0 aliphatic carbocycles. The molecule has 1 aromatic rings. The summed E-state index contributed by atoms with van der Waals surface area (Å²) in [5.74, 6) is -0.799. The van der Waals surface area contributed by atoms with E-state index in [9.17, 15) is 9.59 Å². The van der Waals surface area contributed by atoms with Gasteiger partial charge in [-0.3, -0.25) is 4.79 Å². The molecule has 0 unspecified atom stereocenters. The first-order valence-electron chi connectivity index (χ1n) is 7.43. The largest absolute Gasteiger partial charge is 0.459 e. The summed E-state index contributed by atoms with van der Waals surface area (Å²) in [7, 11) is 0. The van der Waals surface area contributed by atoms with E-state index >= 15 is 0 Å². The van der Waals surface area contributed by atoms with Crippen molar-refractivity contribution >= 4 is 23.3 Å². The molecule has 21 heavy (non-hydrogen) atoms. The van der Waals surface area contributed by atoms with Crippen LogP contribution < -0.4 is 10.2 Å². The number of anilines is 2. The van der Waals surface area contributed by atoms with Crippen LogP contribution in [0, 0.1) is 5.92 Å². The highest BCUT2D eigenvalue weighted by molar-refractivity contribution is 6.37. The zero-order valence-electron chi connectivity index (χ0n) is 12.6. The lowest BCUT2D eigenvalue weighted by Crippen LogP contribution is -2.32. The summed E-state index contributed by atoms with van der Waals surface area (Å²) in [4.78, 5) is 25.1. The summed E-state index contributed by atoms with van der Waals surface area (Å²) in [6.07, 6.45) is 2.42. The number of esters is 1. The minimum Gasteiger partial charge on any atom is -0.459 e. The first-order chi connectivity index (χ1) is 10.1. The minimum atomic E-state index is -0.855. The summed E-state index contributed by atoms with van der Waals surface area (Å²) in [6, 6.07) is 7.56. The van der Waals surface area contributed by atoms with E-state index in [1.165, 1.54) is 12.8 Å². The summed E-state index contributed by atoms with van der Waals surface area (Å²) in [5.41, 5.74) is 1.75. The molecule has 1 saturated heterocycles. The summed E-state index contributed by atoms with van der Waals surface area (Å²) in [5, 5.41) is 2.53. The Morgan fingerprint density at radius 3 is 2.43 bits per heavy atom. The average Bonchev–Trinajstić information content (AvgIpc) is 2.49. The predicted molar refractivity (Wildman–Crippen MR) is 82.3 cm³/mol. The quantitative estimate of drug-likeness (QED) is 0.686. The second-order valence-corrected chi connectivity index (χ2v) is 5.39. The summed E-state index contributed by atoms with van der Waals surface area (Å²) >= 11 is 0. The molecule has 0 bridgehead atoms.